The first kappa shape index (κ1) is 11.5. The molecule has 1 rings (SSSR count). The highest BCUT2D eigenvalue weighted by molar-refractivity contribution is 6.30. The van der Waals surface area contributed by atoms with Crippen LogP contribution in [-0.2, 0) is 0 Å². The van der Waals surface area contributed by atoms with E-state index >= 15 is 0 Å². The van der Waals surface area contributed by atoms with E-state index < -0.39 is 0 Å². The largest absolute Gasteiger partial charge is 0.388 e. The van der Waals surface area contributed by atoms with Gasteiger partial charge in [0.1, 0.15) is 0 Å². The minimum Gasteiger partial charge on any atom is -0.388 e. The molecule has 0 aliphatic carbocycles. The lowest BCUT2D eigenvalue weighted by atomic mass is 9.99. The van der Waals surface area contributed by atoms with Crippen molar-refractivity contribution in [3.05, 3.63) is 34.3 Å². The number of aryl methyl sites for hydroxylation is 1. The number of benzene rings is 1. The second-order valence-corrected chi connectivity index (χ2v) is 4.10. The van der Waals surface area contributed by atoms with Crippen LogP contribution in [0.3, 0.4) is 0 Å². The van der Waals surface area contributed by atoms with Crippen molar-refractivity contribution in [2.45, 2.75) is 39.2 Å². The fraction of sp³-hybridized carbons (Fsp3) is 0.500. The van der Waals surface area contributed by atoms with Crippen molar-refractivity contribution < 1.29 is 5.11 Å². The fourth-order valence-corrected chi connectivity index (χ4v) is 1.70. The van der Waals surface area contributed by atoms with Gasteiger partial charge in [0.2, 0.25) is 0 Å². The van der Waals surface area contributed by atoms with E-state index in [1.165, 1.54) is 0 Å². The van der Waals surface area contributed by atoms with E-state index in [2.05, 4.69) is 6.92 Å². The van der Waals surface area contributed by atoms with Crippen LogP contribution in [0.5, 0.6) is 0 Å². The van der Waals surface area contributed by atoms with Crippen molar-refractivity contribution in [3.63, 3.8) is 0 Å². The molecule has 0 saturated heterocycles. The molecule has 2 heteroatoms. The monoisotopic (exact) mass is 212 g/mol. The maximum atomic E-state index is 9.90. The SMILES string of the molecule is CCCCC(O)c1cc(Cl)ccc1C. The number of aliphatic hydroxyl groups is 1. The number of hydrogen-bond donors (Lipinski definition) is 1. The van der Waals surface area contributed by atoms with Crippen molar-refractivity contribution >= 4 is 11.6 Å². The number of aliphatic hydroxyl groups excluding tert-OH is 1. The van der Waals surface area contributed by atoms with Crippen LogP contribution in [0, 0.1) is 6.92 Å². The van der Waals surface area contributed by atoms with E-state index in [1.807, 2.05) is 25.1 Å². The van der Waals surface area contributed by atoms with Crippen LogP contribution in [0.4, 0.5) is 0 Å². The molecule has 1 aromatic rings. The Labute approximate surface area is 90.7 Å². The third kappa shape index (κ3) is 3.00. The maximum absolute atomic E-state index is 9.90. The summed E-state index contributed by atoms with van der Waals surface area (Å²) in [5, 5.41) is 10.6. The summed E-state index contributed by atoms with van der Waals surface area (Å²) in [6, 6.07) is 5.66. The molecule has 14 heavy (non-hydrogen) atoms. The predicted molar refractivity (Wildman–Crippen MR) is 60.7 cm³/mol. The van der Waals surface area contributed by atoms with Crippen LogP contribution < -0.4 is 0 Å². The van der Waals surface area contributed by atoms with E-state index in [0.717, 1.165) is 30.4 Å². The number of rotatable bonds is 4. The van der Waals surface area contributed by atoms with Crippen molar-refractivity contribution in [2.75, 3.05) is 0 Å². The summed E-state index contributed by atoms with van der Waals surface area (Å²) in [5.41, 5.74) is 2.07. The molecule has 1 unspecified atom stereocenters. The molecule has 1 N–H and O–H groups in total. The number of halogens is 1. The normalized spacial score (nSPS) is 12.9. The first-order valence-corrected chi connectivity index (χ1v) is 5.47. The first-order valence-electron chi connectivity index (χ1n) is 5.09. The molecule has 0 fully saturated rings. The summed E-state index contributed by atoms with van der Waals surface area (Å²) in [7, 11) is 0. The van der Waals surface area contributed by atoms with Gasteiger partial charge in [-0.15, -0.1) is 0 Å². The molecule has 0 spiro atoms. The molecule has 0 aliphatic rings. The minimum atomic E-state index is -0.367. The Kier molecular flexibility index (Phi) is 4.43. The second-order valence-electron chi connectivity index (χ2n) is 3.66. The molecular formula is C12H17ClO. The Balaban J connectivity index is 2.77. The van der Waals surface area contributed by atoms with Gasteiger partial charge < -0.3 is 5.11 Å². The van der Waals surface area contributed by atoms with Gasteiger partial charge in [-0.1, -0.05) is 37.4 Å². The van der Waals surface area contributed by atoms with Gasteiger partial charge in [0.15, 0.2) is 0 Å². The van der Waals surface area contributed by atoms with Crippen molar-refractivity contribution in [3.8, 4) is 0 Å². The summed E-state index contributed by atoms with van der Waals surface area (Å²) in [6.07, 6.45) is 2.61. The highest BCUT2D eigenvalue weighted by Gasteiger charge is 2.09. The average Bonchev–Trinajstić information content (AvgIpc) is 2.18. The maximum Gasteiger partial charge on any atom is 0.0793 e. The van der Waals surface area contributed by atoms with Crippen molar-refractivity contribution in [1.82, 2.24) is 0 Å². The standard InChI is InChI=1S/C12H17ClO/c1-3-4-5-12(14)11-8-10(13)7-6-9(11)2/h6-8,12,14H,3-5H2,1-2H3. The molecule has 0 saturated carbocycles. The Morgan fingerprint density at radius 3 is 2.79 bits per heavy atom. The van der Waals surface area contributed by atoms with Gasteiger partial charge in [0.05, 0.1) is 6.10 Å². The van der Waals surface area contributed by atoms with Gasteiger partial charge in [-0.2, -0.15) is 0 Å². The van der Waals surface area contributed by atoms with Gasteiger partial charge in [-0.05, 0) is 36.6 Å². The summed E-state index contributed by atoms with van der Waals surface area (Å²) >= 11 is 5.88. The molecule has 1 atom stereocenters. The van der Waals surface area contributed by atoms with E-state index in [4.69, 9.17) is 11.6 Å². The van der Waals surface area contributed by atoms with Gasteiger partial charge >= 0.3 is 0 Å². The fourth-order valence-electron chi connectivity index (χ4n) is 1.52. The van der Waals surface area contributed by atoms with Crippen LogP contribution in [0.1, 0.15) is 43.4 Å². The minimum absolute atomic E-state index is 0.367. The predicted octanol–water partition coefficient (Wildman–Crippen LogP) is 3.87. The smallest absolute Gasteiger partial charge is 0.0793 e. The van der Waals surface area contributed by atoms with Crippen molar-refractivity contribution in [2.24, 2.45) is 0 Å². The third-order valence-electron chi connectivity index (χ3n) is 2.43. The van der Waals surface area contributed by atoms with E-state index in [1.54, 1.807) is 0 Å². The summed E-state index contributed by atoms with van der Waals surface area (Å²) in [6.45, 7) is 4.12. The van der Waals surface area contributed by atoms with Gasteiger partial charge in [-0.3, -0.25) is 0 Å². The van der Waals surface area contributed by atoms with Crippen LogP contribution in [0.25, 0.3) is 0 Å². The second kappa shape index (κ2) is 5.38. The summed E-state index contributed by atoms with van der Waals surface area (Å²) in [4.78, 5) is 0. The quantitative estimate of drug-likeness (QED) is 0.804. The van der Waals surface area contributed by atoms with E-state index in [0.29, 0.717) is 5.02 Å². The Morgan fingerprint density at radius 2 is 2.14 bits per heavy atom. The molecule has 1 nitrogen and oxygen atoms in total. The molecule has 1 aromatic carbocycles. The van der Waals surface area contributed by atoms with Gasteiger partial charge in [0, 0.05) is 5.02 Å². The lowest BCUT2D eigenvalue weighted by molar-refractivity contribution is 0.163. The lowest BCUT2D eigenvalue weighted by Crippen LogP contribution is -1.99. The highest BCUT2D eigenvalue weighted by atomic mass is 35.5. The summed E-state index contributed by atoms with van der Waals surface area (Å²) in [5.74, 6) is 0. The van der Waals surface area contributed by atoms with Gasteiger partial charge in [0.25, 0.3) is 0 Å². The molecule has 0 bridgehead atoms. The van der Waals surface area contributed by atoms with Crippen molar-refractivity contribution in [1.29, 1.82) is 0 Å². The average molecular weight is 213 g/mol. The Morgan fingerprint density at radius 1 is 1.43 bits per heavy atom. The first-order chi connectivity index (χ1) is 6.65. The van der Waals surface area contributed by atoms with Crippen LogP contribution >= 0.6 is 11.6 Å². The highest BCUT2D eigenvalue weighted by Crippen LogP contribution is 2.25. The van der Waals surface area contributed by atoms with E-state index in [9.17, 15) is 5.11 Å². The number of hydrogen-bond acceptors (Lipinski definition) is 1. The summed E-state index contributed by atoms with van der Waals surface area (Å²) < 4.78 is 0. The zero-order valence-corrected chi connectivity index (χ0v) is 9.51. The Hall–Kier alpha value is -0.530. The van der Waals surface area contributed by atoms with Crippen LogP contribution in [0.15, 0.2) is 18.2 Å². The van der Waals surface area contributed by atoms with E-state index in [-0.39, 0.29) is 6.10 Å². The van der Waals surface area contributed by atoms with Crippen LogP contribution in [0.2, 0.25) is 5.02 Å². The zero-order chi connectivity index (χ0) is 10.6. The molecule has 0 heterocycles. The molecule has 0 amide bonds. The van der Waals surface area contributed by atoms with Crippen LogP contribution in [-0.4, -0.2) is 5.11 Å². The Bertz CT molecular complexity index is 296. The molecule has 0 aliphatic heterocycles. The molecule has 0 aromatic heterocycles. The zero-order valence-electron chi connectivity index (χ0n) is 8.76. The number of unbranched alkanes of at least 4 members (excludes halogenated alkanes) is 1. The topological polar surface area (TPSA) is 20.2 Å². The van der Waals surface area contributed by atoms with Gasteiger partial charge in [-0.25, -0.2) is 0 Å². The third-order valence-corrected chi connectivity index (χ3v) is 2.67. The molecular weight excluding hydrogens is 196 g/mol. The molecule has 78 valence electrons. The lowest BCUT2D eigenvalue weighted by Gasteiger charge is -2.13. The molecule has 0 radical (unpaired) electrons.